The van der Waals surface area contributed by atoms with Gasteiger partial charge in [0.05, 0.1) is 52.3 Å². The Morgan fingerprint density at radius 1 is 0.420 bits per heavy atom. The SMILES string of the molecule is C.C.C.Cn1cc2c(n1)CCc1c-2c2c(c3c1[nH]c1ccccc13)C(=O)CC2=O.Cn1cc2c(n1)CCc1c-2c2c(c3c1[nH]c1ccccc13)C(=O)CC2O.Cn1cc2c(n1)CCc1c-2c2c(c3c1[nH]c1ccccc13)C(O)CC2=O. The molecule has 5 N–H and O–H groups in total. The van der Waals surface area contributed by atoms with Crippen LogP contribution in [-0.4, -0.2) is 77.6 Å². The van der Waals surface area contributed by atoms with E-state index in [0.29, 0.717) is 22.3 Å². The van der Waals surface area contributed by atoms with Crippen LogP contribution in [0.4, 0.5) is 0 Å². The first-order chi connectivity index (χ1) is 37.9. The molecule has 18 rings (SSSR count). The van der Waals surface area contributed by atoms with Crippen LogP contribution >= 0.6 is 0 Å². The molecule has 0 radical (unpaired) electrons. The molecule has 15 heteroatoms. The van der Waals surface area contributed by atoms with E-state index in [9.17, 15) is 29.4 Å². The number of hydrogen-bond donors (Lipinski definition) is 5. The maximum Gasteiger partial charge on any atom is 0.172 e. The van der Waals surface area contributed by atoms with Crippen LogP contribution in [0.15, 0.2) is 91.4 Å². The Hall–Kier alpha value is -9.05. The minimum absolute atomic E-state index is 0. The third-order valence-electron chi connectivity index (χ3n) is 17.5. The quantitative estimate of drug-likeness (QED) is 0.0914. The lowest BCUT2D eigenvalue weighted by molar-refractivity contribution is 0.0912. The molecule has 12 aromatic rings. The second kappa shape index (κ2) is 18.2. The molecule has 6 aliphatic rings. The molecule has 81 heavy (non-hydrogen) atoms. The van der Waals surface area contributed by atoms with Crippen LogP contribution in [0.25, 0.3) is 98.8 Å². The fourth-order valence-corrected chi connectivity index (χ4v) is 14.6. The number of H-pyrrole nitrogens is 3. The molecule has 2 atom stereocenters. The number of aromatic amines is 3. The summed E-state index contributed by atoms with van der Waals surface area (Å²) >= 11 is 0. The predicted octanol–water partition coefficient (Wildman–Crippen LogP) is 12.4. The van der Waals surface area contributed by atoms with E-state index in [1.165, 1.54) is 11.1 Å². The molecular formula is C66H61N9O6. The molecule has 0 spiro atoms. The van der Waals surface area contributed by atoms with Crippen molar-refractivity contribution in [3.8, 4) is 33.4 Å². The second-order valence-electron chi connectivity index (χ2n) is 21.9. The fourth-order valence-electron chi connectivity index (χ4n) is 14.6. The normalized spacial score (nSPS) is 16.8. The predicted molar refractivity (Wildman–Crippen MR) is 318 cm³/mol. The van der Waals surface area contributed by atoms with E-state index in [4.69, 9.17) is 0 Å². The Balaban J connectivity index is 0.000000112. The number of benzene rings is 6. The third-order valence-corrected chi connectivity index (χ3v) is 17.5. The van der Waals surface area contributed by atoms with E-state index in [1.54, 1.807) is 4.68 Å². The highest BCUT2D eigenvalue weighted by Crippen LogP contribution is 2.52. The topological polar surface area (TPSA) is 210 Å². The molecule has 0 saturated carbocycles. The van der Waals surface area contributed by atoms with Gasteiger partial charge in [0.25, 0.3) is 0 Å². The highest BCUT2D eigenvalue weighted by molar-refractivity contribution is 6.35. The Morgan fingerprint density at radius 3 is 1.28 bits per heavy atom. The lowest BCUT2D eigenvalue weighted by Gasteiger charge is -2.21. The summed E-state index contributed by atoms with van der Waals surface area (Å²) in [5, 5.41) is 41.2. The van der Waals surface area contributed by atoms with Crippen LogP contribution in [0.2, 0.25) is 0 Å². The summed E-state index contributed by atoms with van der Waals surface area (Å²) in [6.45, 7) is 0. The van der Waals surface area contributed by atoms with Crippen molar-refractivity contribution in [3.05, 3.63) is 159 Å². The zero-order chi connectivity index (χ0) is 52.7. The molecule has 0 bridgehead atoms. The highest BCUT2D eigenvalue weighted by Gasteiger charge is 2.41. The lowest BCUT2D eigenvalue weighted by Crippen LogP contribution is -2.09. The second-order valence-corrected chi connectivity index (χ2v) is 21.9. The van der Waals surface area contributed by atoms with Gasteiger partial charge in [-0.05, 0) is 79.0 Å². The molecule has 406 valence electrons. The van der Waals surface area contributed by atoms with Gasteiger partial charge in [0.2, 0.25) is 0 Å². The Morgan fingerprint density at radius 2 is 0.790 bits per heavy atom. The largest absolute Gasteiger partial charge is 0.388 e. The smallest absolute Gasteiger partial charge is 0.172 e. The molecule has 15 nitrogen and oxygen atoms in total. The van der Waals surface area contributed by atoms with E-state index in [-0.39, 0.29) is 64.7 Å². The zero-order valence-electron chi connectivity index (χ0n) is 42.9. The summed E-state index contributed by atoms with van der Waals surface area (Å²) in [4.78, 5) is 61.9. The summed E-state index contributed by atoms with van der Waals surface area (Å²) < 4.78 is 5.44. The van der Waals surface area contributed by atoms with Crippen molar-refractivity contribution in [1.29, 1.82) is 0 Å². The molecule has 6 heterocycles. The van der Waals surface area contributed by atoms with Gasteiger partial charge < -0.3 is 25.2 Å². The number of aliphatic hydroxyl groups is 2. The van der Waals surface area contributed by atoms with Crippen LogP contribution in [0.5, 0.6) is 0 Å². The summed E-state index contributed by atoms with van der Waals surface area (Å²) in [5.74, 6) is -0.0718. The number of carbonyl (C=O) groups excluding carboxylic acids is 4. The van der Waals surface area contributed by atoms with Gasteiger partial charge >= 0.3 is 0 Å². The number of para-hydroxylation sites is 3. The summed E-state index contributed by atoms with van der Waals surface area (Å²) in [6, 6.07) is 24.2. The maximum absolute atomic E-state index is 12.9. The van der Waals surface area contributed by atoms with E-state index in [2.05, 4.69) is 48.4 Å². The first-order valence-electron chi connectivity index (χ1n) is 26.7. The lowest BCUT2D eigenvalue weighted by atomic mass is 9.82. The fraction of sp³-hybridized carbons (Fsp3) is 0.258. The van der Waals surface area contributed by atoms with Gasteiger partial charge in [-0.25, -0.2) is 0 Å². The maximum atomic E-state index is 12.9. The summed E-state index contributed by atoms with van der Waals surface area (Å²) in [6.07, 6.45) is 9.89. The van der Waals surface area contributed by atoms with Crippen LogP contribution < -0.4 is 0 Å². The van der Waals surface area contributed by atoms with Gasteiger partial charge in [0, 0.05) is 163 Å². The van der Waals surface area contributed by atoms with Crippen LogP contribution in [0, 0.1) is 0 Å². The number of aryl methyl sites for hydroxylation is 9. The highest BCUT2D eigenvalue weighted by atomic mass is 16.3. The molecule has 0 fully saturated rings. The number of rotatable bonds is 0. The number of aliphatic hydroxyl groups excluding tert-OH is 2. The molecule has 0 aliphatic heterocycles. The zero-order valence-corrected chi connectivity index (χ0v) is 42.9. The van der Waals surface area contributed by atoms with E-state index >= 15 is 0 Å². The number of nitrogens with zero attached hydrogens (tertiary/aromatic N) is 6. The van der Waals surface area contributed by atoms with Gasteiger partial charge in [-0.3, -0.25) is 33.2 Å². The van der Waals surface area contributed by atoms with E-state index in [0.717, 1.165) is 171 Å². The van der Waals surface area contributed by atoms with Crippen molar-refractivity contribution in [3.63, 3.8) is 0 Å². The van der Waals surface area contributed by atoms with Gasteiger partial charge in [-0.15, -0.1) is 0 Å². The molecular weight excluding hydrogens is 1010 g/mol. The van der Waals surface area contributed by atoms with Crippen molar-refractivity contribution in [1.82, 2.24) is 44.3 Å². The van der Waals surface area contributed by atoms with Crippen molar-refractivity contribution in [2.75, 3.05) is 0 Å². The van der Waals surface area contributed by atoms with Gasteiger partial charge in [-0.2, -0.15) is 15.3 Å². The Labute approximate surface area is 465 Å². The Kier molecular flexibility index (Phi) is 11.6. The molecule has 6 aliphatic carbocycles. The average molecular weight is 1080 g/mol. The van der Waals surface area contributed by atoms with Gasteiger partial charge in [0.1, 0.15) is 0 Å². The first kappa shape index (κ1) is 51.4. The van der Waals surface area contributed by atoms with Gasteiger partial charge in [0.15, 0.2) is 23.1 Å². The van der Waals surface area contributed by atoms with Crippen molar-refractivity contribution in [2.24, 2.45) is 21.1 Å². The van der Waals surface area contributed by atoms with E-state index in [1.807, 2.05) is 104 Å². The Bertz CT molecular complexity index is 4780. The first-order valence-corrected chi connectivity index (χ1v) is 26.7. The number of hydrogen-bond acceptors (Lipinski definition) is 9. The molecule has 6 aromatic carbocycles. The van der Waals surface area contributed by atoms with Crippen LogP contribution in [0.3, 0.4) is 0 Å². The molecule has 2 unspecified atom stereocenters. The van der Waals surface area contributed by atoms with Crippen molar-refractivity contribution < 1.29 is 29.4 Å². The number of fused-ring (bicyclic) bond motifs is 30. The minimum Gasteiger partial charge on any atom is -0.388 e. The van der Waals surface area contributed by atoms with Crippen LogP contribution in [-0.2, 0) is 59.7 Å². The average Bonchev–Trinajstić information content (AvgIpc) is 4.06. The van der Waals surface area contributed by atoms with E-state index < -0.39 is 12.2 Å². The summed E-state index contributed by atoms with van der Waals surface area (Å²) in [7, 11) is 5.73. The number of Topliss-reactive ketones (excluding diaryl/α,β-unsaturated/α-hetero) is 4. The molecule has 6 aromatic heterocycles. The third kappa shape index (κ3) is 7.04. The van der Waals surface area contributed by atoms with Crippen LogP contribution in [0.1, 0.15) is 140 Å². The summed E-state index contributed by atoms with van der Waals surface area (Å²) in [5.41, 5.74) is 23.0. The standard InChI is InChI=1S/2C21H17N3O2.C21H15N3O2.3CH4/c3*1-24-9-12-14(23-24)7-6-11-17(12)19-15(25)8-16(26)20(19)18-10-4-2-3-5-13(10)22-21(11)18;;;/h2-5,9,16,22,26H,6-8H2,1H3;2-5,9,15,22,25H,6-8H2,1H3;2-5,9,22H,6-8H2,1H3;3*1H4. The minimum atomic E-state index is -0.744. The number of aromatic nitrogens is 9. The number of ketones is 4. The van der Waals surface area contributed by atoms with Crippen molar-refractivity contribution in [2.45, 2.75) is 92.3 Å². The van der Waals surface area contributed by atoms with Crippen molar-refractivity contribution >= 4 is 88.6 Å². The van der Waals surface area contributed by atoms with Gasteiger partial charge in [-0.1, -0.05) is 76.9 Å². The molecule has 0 saturated heterocycles. The number of nitrogens with one attached hydrogen (secondary N) is 3. The molecule has 0 amide bonds. The monoisotopic (exact) mass is 1080 g/mol. The number of carbonyl (C=O) groups is 4.